The Morgan fingerprint density at radius 2 is 2.00 bits per heavy atom. The maximum absolute atomic E-state index is 13.6. The standard InChI is InChI=1S/C14H14F2N2O2/c15-10-3-1-2-9(12(10)16)6-18-7-11(19)17-13(14(18)20)8-4-5-8/h1-3,8,13H,4-7H2,(H,17,19). The summed E-state index contributed by atoms with van der Waals surface area (Å²) in [6, 6.07) is 3.33. The van der Waals surface area contributed by atoms with Crippen LogP contribution in [0.4, 0.5) is 8.78 Å². The number of hydrogen-bond acceptors (Lipinski definition) is 2. The molecule has 2 aliphatic rings. The van der Waals surface area contributed by atoms with E-state index in [0.29, 0.717) is 0 Å². The predicted molar refractivity (Wildman–Crippen MR) is 66.4 cm³/mol. The van der Waals surface area contributed by atoms with Crippen LogP contribution in [0.2, 0.25) is 0 Å². The lowest BCUT2D eigenvalue weighted by Crippen LogP contribution is -2.58. The van der Waals surface area contributed by atoms with E-state index in [0.717, 1.165) is 18.9 Å². The quantitative estimate of drug-likeness (QED) is 0.904. The molecule has 20 heavy (non-hydrogen) atoms. The fraction of sp³-hybridized carbons (Fsp3) is 0.429. The van der Waals surface area contributed by atoms with Gasteiger partial charge in [0.2, 0.25) is 11.8 Å². The van der Waals surface area contributed by atoms with Gasteiger partial charge in [-0.3, -0.25) is 9.59 Å². The van der Waals surface area contributed by atoms with Crippen molar-refractivity contribution in [2.45, 2.75) is 25.4 Å². The van der Waals surface area contributed by atoms with Crippen LogP contribution in [-0.2, 0) is 16.1 Å². The fourth-order valence-electron chi connectivity index (χ4n) is 2.49. The molecule has 1 N–H and O–H groups in total. The largest absolute Gasteiger partial charge is 0.342 e. The molecule has 4 nitrogen and oxygen atoms in total. The first-order chi connectivity index (χ1) is 9.56. The summed E-state index contributed by atoms with van der Waals surface area (Å²) in [5.74, 6) is -2.19. The van der Waals surface area contributed by atoms with Crippen LogP contribution < -0.4 is 5.32 Å². The van der Waals surface area contributed by atoms with Crippen molar-refractivity contribution < 1.29 is 18.4 Å². The number of rotatable bonds is 3. The van der Waals surface area contributed by atoms with Gasteiger partial charge in [0.25, 0.3) is 0 Å². The van der Waals surface area contributed by atoms with E-state index in [9.17, 15) is 18.4 Å². The van der Waals surface area contributed by atoms with E-state index in [1.165, 1.54) is 17.0 Å². The number of carbonyl (C=O) groups excluding carboxylic acids is 2. The van der Waals surface area contributed by atoms with E-state index in [4.69, 9.17) is 0 Å². The summed E-state index contributed by atoms with van der Waals surface area (Å²) in [5.41, 5.74) is 0.0857. The highest BCUT2D eigenvalue weighted by molar-refractivity contribution is 5.95. The minimum Gasteiger partial charge on any atom is -0.342 e. The molecular formula is C14H14F2N2O2. The number of carbonyl (C=O) groups is 2. The number of halogens is 2. The maximum Gasteiger partial charge on any atom is 0.246 e. The molecular weight excluding hydrogens is 266 g/mol. The Hall–Kier alpha value is -1.98. The van der Waals surface area contributed by atoms with Crippen molar-refractivity contribution in [2.24, 2.45) is 5.92 Å². The Bertz CT molecular complexity index is 572. The average molecular weight is 280 g/mol. The zero-order valence-electron chi connectivity index (χ0n) is 10.7. The fourth-order valence-corrected chi connectivity index (χ4v) is 2.49. The van der Waals surface area contributed by atoms with Gasteiger partial charge in [0, 0.05) is 12.1 Å². The number of nitrogens with one attached hydrogen (secondary N) is 1. The second-order valence-corrected chi connectivity index (χ2v) is 5.29. The lowest BCUT2D eigenvalue weighted by molar-refractivity contribution is -0.145. The summed E-state index contributed by atoms with van der Waals surface area (Å²) < 4.78 is 26.8. The second-order valence-electron chi connectivity index (χ2n) is 5.29. The predicted octanol–water partition coefficient (Wildman–Crippen LogP) is 1.20. The first-order valence-electron chi connectivity index (χ1n) is 6.57. The van der Waals surface area contributed by atoms with Gasteiger partial charge in [-0.05, 0) is 24.8 Å². The van der Waals surface area contributed by atoms with E-state index >= 15 is 0 Å². The summed E-state index contributed by atoms with van der Waals surface area (Å²) in [7, 11) is 0. The summed E-state index contributed by atoms with van der Waals surface area (Å²) >= 11 is 0. The number of benzene rings is 1. The molecule has 0 aromatic heterocycles. The molecule has 3 rings (SSSR count). The van der Waals surface area contributed by atoms with Gasteiger partial charge in [-0.25, -0.2) is 8.78 Å². The van der Waals surface area contributed by atoms with Gasteiger partial charge < -0.3 is 10.2 Å². The molecule has 1 aliphatic carbocycles. The minimum absolute atomic E-state index is 0.0843. The third-order valence-electron chi connectivity index (χ3n) is 3.71. The highest BCUT2D eigenvalue weighted by Gasteiger charge is 2.42. The summed E-state index contributed by atoms with van der Waals surface area (Å²) in [5, 5.41) is 2.67. The SMILES string of the molecule is O=C1CN(Cc2cccc(F)c2F)C(=O)C(C2CC2)N1. The molecule has 1 saturated carbocycles. The number of amides is 2. The molecule has 0 spiro atoms. The molecule has 6 heteroatoms. The van der Waals surface area contributed by atoms with Crippen LogP contribution in [0, 0.1) is 17.6 Å². The van der Waals surface area contributed by atoms with Gasteiger partial charge in [0.15, 0.2) is 11.6 Å². The summed E-state index contributed by atoms with van der Waals surface area (Å²) in [6.07, 6.45) is 1.83. The van der Waals surface area contributed by atoms with Crippen LogP contribution in [0.5, 0.6) is 0 Å². The van der Waals surface area contributed by atoms with Crippen LogP contribution in [0.25, 0.3) is 0 Å². The van der Waals surface area contributed by atoms with E-state index in [-0.39, 0.29) is 36.4 Å². The number of nitrogens with zero attached hydrogens (tertiary/aromatic N) is 1. The van der Waals surface area contributed by atoms with Crippen LogP contribution in [0.3, 0.4) is 0 Å². The Morgan fingerprint density at radius 3 is 2.70 bits per heavy atom. The van der Waals surface area contributed by atoms with Gasteiger partial charge in [-0.1, -0.05) is 12.1 Å². The maximum atomic E-state index is 13.6. The first kappa shape index (κ1) is 13.0. The summed E-state index contributed by atoms with van der Waals surface area (Å²) in [6.45, 7) is -0.197. The van der Waals surface area contributed by atoms with Gasteiger partial charge in [0.05, 0.1) is 6.54 Å². The molecule has 1 heterocycles. The van der Waals surface area contributed by atoms with Crippen LogP contribution in [0.15, 0.2) is 18.2 Å². The molecule has 0 bridgehead atoms. The molecule has 1 aliphatic heterocycles. The van der Waals surface area contributed by atoms with Crippen molar-refractivity contribution in [3.05, 3.63) is 35.4 Å². The normalized spacial score (nSPS) is 22.9. The van der Waals surface area contributed by atoms with Crippen molar-refractivity contribution in [3.8, 4) is 0 Å². The molecule has 106 valence electrons. The van der Waals surface area contributed by atoms with Crippen LogP contribution in [0.1, 0.15) is 18.4 Å². The van der Waals surface area contributed by atoms with Gasteiger partial charge in [-0.15, -0.1) is 0 Å². The molecule has 1 aromatic rings. The third kappa shape index (κ3) is 2.37. The lowest BCUT2D eigenvalue weighted by atomic mass is 10.1. The molecule has 1 unspecified atom stereocenters. The van der Waals surface area contributed by atoms with Crippen molar-refractivity contribution in [3.63, 3.8) is 0 Å². The zero-order chi connectivity index (χ0) is 14.3. The Labute approximate surface area is 114 Å². The molecule has 1 aromatic carbocycles. The van der Waals surface area contributed by atoms with Crippen LogP contribution >= 0.6 is 0 Å². The van der Waals surface area contributed by atoms with Crippen molar-refractivity contribution in [1.82, 2.24) is 10.2 Å². The third-order valence-corrected chi connectivity index (χ3v) is 3.71. The van der Waals surface area contributed by atoms with Crippen molar-refractivity contribution in [2.75, 3.05) is 6.54 Å². The van der Waals surface area contributed by atoms with Gasteiger partial charge in [0.1, 0.15) is 6.04 Å². The highest BCUT2D eigenvalue weighted by Crippen LogP contribution is 2.34. The van der Waals surface area contributed by atoms with E-state index < -0.39 is 17.7 Å². The first-order valence-corrected chi connectivity index (χ1v) is 6.57. The van der Waals surface area contributed by atoms with E-state index in [1.807, 2.05) is 0 Å². The smallest absolute Gasteiger partial charge is 0.246 e. The molecule has 2 amide bonds. The Kier molecular flexibility index (Phi) is 3.16. The zero-order valence-corrected chi connectivity index (χ0v) is 10.7. The Morgan fingerprint density at radius 1 is 1.25 bits per heavy atom. The van der Waals surface area contributed by atoms with E-state index in [1.54, 1.807) is 0 Å². The summed E-state index contributed by atoms with van der Waals surface area (Å²) in [4.78, 5) is 25.2. The minimum atomic E-state index is -0.964. The lowest BCUT2D eigenvalue weighted by Gasteiger charge is -2.32. The topological polar surface area (TPSA) is 49.4 Å². The number of hydrogen-bond donors (Lipinski definition) is 1. The van der Waals surface area contributed by atoms with Crippen molar-refractivity contribution >= 4 is 11.8 Å². The van der Waals surface area contributed by atoms with Gasteiger partial charge >= 0.3 is 0 Å². The van der Waals surface area contributed by atoms with Crippen LogP contribution in [-0.4, -0.2) is 29.3 Å². The van der Waals surface area contributed by atoms with E-state index in [2.05, 4.69) is 5.32 Å². The Balaban J connectivity index is 1.80. The molecule has 1 atom stereocenters. The molecule has 0 radical (unpaired) electrons. The van der Waals surface area contributed by atoms with Crippen molar-refractivity contribution in [1.29, 1.82) is 0 Å². The molecule has 2 fully saturated rings. The second kappa shape index (κ2) is 4.85. The number of piperazine rings is 1. The highest BCUT2D eigenvalue weighted by atomic mass is 19.2. The monoisotopic (exact) mass is 280 g/mol. The van der Waals surface area contributed by atoms with Gasteiger partial charge in [-0.2, -0.15) is 0 Å². The average Bonchev–Trinajstić information content (AvgIpc) is 3.23. The molecule has 1 saturated heterocycles.